The van der Waals surface area contributed by atoms with Crippen LogP contribution in [0.25, 0.3) is 0 Å². The zero-order chi connectivity index (χ0) is 7.07. The number of hydrogen-bond acceptors (Lipinski definition) is 1. The van der Waals surface area contributed by atoms with Crippen LogP contribution in [-0.4, -0.2) is 6.04 Å². The lowest BCUT2D eigenvalue weighted by Gasteiger charge is -2.46. The van der Waals surface area contributed by atoms with E-state index in [0.717, 1.165) is 5.92 Å². The summed E-state index contributed by atoms with van der Waals surface area (Å²) in [7, 11) is 0. The molecule has 0 bridgehead atoms. The van der Waals surface area contributed by atoms with Gasteiger partial charge in [-0.15, -0.1) is 0 Å². The molecular formula is C8H17N. The summed E-state index contributed by atoms with van der Waals surface area (Å²) in [6, 6.07) is 0.397. The second-order valence-electron chi connectivity index (χ2n) is 3.99. The predicted molar refractivity (Wildman–Crippen MR) is 40.2 cm³/mol. The second-order valence-corrected chi connectivity index (χ2v) is 3.99. The Labute approximate surface area is 57.6 Å². The van der Waals surface area contributed by atoms with Gasteiger partial charge in [0.1, 0.15) is 0 Å². The van der Waals surface area contributed by atoms with Crippen molar-refractivity contribution in [2.45, 2.75) is 39.7 Å². The zero-order valence-corrected chi connectivity index (χ0v) is 6.65. The average Bonchev–Trinajstić information content (AvgIpc) is 1.62. The molecule has 54 valence electrons. The van der Waals surface area contributed by atoms with Gasteiger partial charge in [0.05, 0.1) is 0 Å². The Morgan fingerprint density at radius 1 is 1.56 bits per heavy atom. The van der Waals surface area contributed by atoms with Gasteiger partial charge < -0.3 is 5.73 Å². The molecule has 1 rings (SSSR count). The lowest BCUT2D eigenvalue weighted by molar-refractivity contribution is 0.0544. The van der Waals surface area contributed by atoms with Gasteiger partial charge in [0, 0.05) is 6.04 Å². The molecule has 2 atom stereocenters. The van der Waals surface area contributed by atoms with E-state index in [4.69, 9.17) is 5.73 Å². The molecule has 2 N–H and O–H groups in total. The third kappa shape index (κ3) is 1.11. The summed E-state index contributed by atoms with van der Waals surface area (Å²) in [5.74, 6) is 0.775. The first-order valence-corrected chi connectivity index (χ1v) is 3.79. The maximum Gasteiger partial charge on any atom is 0.00438 e. The van der Waals surface area contributed by atoms with Gasteiger partial charge in [-0.05, 0) is 31.1 Å². The zero-order valence-electron chi connectivity index (χ0n) is 6.65. The molecule has 1 nitrogen and oxygen atoms in total. The van der Waals surface area contributed by atoms with Crippen LogP contribution in [0.5, 0.6) is 0 Å². The van der Waals surface area contributed by atoms with Crippen molar-refractivity contribution in [2.24, 2.45) is 17.1 Å². The standard InChI is InChI=1S/C8H17N/c1-6(9)7-4-5-8(7,2)3/h6-7H,4-5,9H2,1-3H3. The van der Waals surface area contributed by atoms with Crippen molar-refractivity contribution in [3.05, 3.63) is 0 Å². The molecular weight excluding hydrogens is 110 g/mol. The van der Waals surface area contributed by atoms with Gasteiger partial charge in [-0.25, -0.2) is 0 Å². The molecule has 0 spiro atoms. The Balaban J connectivity index is 2.45. The third-order valence-corrected chi connectivity index (χ3v) is 2.74. The van der Waals surface area contributed by atoms with Gasteiger partial charge in [0.2, 0.25) is 0 Å². The van der Waals surface area contributed by atoms with Crippen LogP contribution in [0.3, 0.4) is 0 Å². The summed E-state index contributed by atoms with van der Waals surface area (Å²) < 4.78 is 0. The van der Waals surface area contributed by atoms with Gasteiger partial charge in [-0.2, -0.15) is 0 Å². The highest BCUT2D eigenvalue weighted by Gasteiger charge is 2.40. The van der Waals surface area contributed by atoms with E-state index in [0.29, 0.717) is 11.5 Å². The van der Waals surface area contributed by atoms with E-state index in [1.807, 2.05) is 0 Å². The summed E-state index contributed by atoms with van der Waals surface area (Å²) in [6.45, 7) is 6.74. The van der Waals surface area contributed by atoms with Gasteiger partial charge in [0.25, 0.3) is 0 Å². The van der Waals surface area contributed by atoms with Crippen LogP contribution >= 0.6 is 0 Å². The lowest BCUT2D eigenvalue weighted by atomic mass is 9.60. The highest BCUT2D eigenvalue weighted by Crippen LogP contribution is 2.46. The minimum Gasteiger partial charge on any atom is -0.328 e. The minimum atomic E-state index is 0.397. The van der Waals surface area contributed by atoms with Crippen LogP contribution in [0.2, 0.25) is 0 Å². The van der Waals surface area contributed by atoms with Crippen molar-refractivity contribution in [2.75, 3.05) is 0 Å². The van der Waals surface area contributed by atoms with E-state index in [1.54, 1.807) is 0 Å². The molecule has 0 radical (unpaired) electrons. The first kappa shape index (κ1) is 7.07. The SMILES string of the molecule is CC(N)C1CCC1(C)C. The van der Waals surface area contributed by atoms with E-state index < -0.39 is 0 Å². The fourth-order valence-corrected chi connectivity index (χ4v) is 1.86. The summed E-state index contributed by atoms with van der Waals surface area (Å²) in [6.07, 6.45) is 2.70. The lowest BCUT2D eigenvalue weighted by Crippen LogP contribution is -2.45. The molecule has 0 aliphatic heterocycles. The van der Waals surface area contributed by atoms with E-state index in [1.165, 1.54) is 12.8 Å². The molecule has 1 aliphatic rings. The molecule has 1 aliphatic carbocycles. The molecule has 1 heteroatoms. The quantitative estimate of drug-likeness (QED) is 0.570. The molecule has 0 aromatic carbocycles. The molecule has 9 heavy (non-hydrogen) atoms. The van der Waals surface area contributed by atoms with Gasteiger partial charge in [-0.1, -0.05) is 13.8 Å². The van der Waals surface area contributed by atoms with Crippen LogP contribution in [0.1, 0.15) is 33.6 Å². The van der Waals surface area contributed by atoms with Crippen molar-refractivity contribution in [3.63, 3.8) is 0 Å². The topological polar surface area (TPSA) is 26.0 Å². The van der Waals surface area contributed by atoms with Crippen LogP contribution in [0.4, 0.5) is 0 Å². The molecule has 1 saturated carbocycles. The minimum absolute atomic E-state index is 0.397. The highest BCUT2D eigenvalue weighted by molar-refractivity contribution is 4.92. The van der Waals surface area contributed by atoms with Crippen LogP contribution in [-0.2, 0) is 0 Å². The largest absolute Gasteiger partial charge is 0.328 e. The number of rotatable bonds is 1. The van der Waals surface area contributed by atoms with E-state index >= 15 is 0 Å². The first-order valence-electron chi connectivity index (χ1n) is 3.79. The van der Waals surface area contributed by atoms with Crippen molar-refractivity contribution in [1.29, 1.82) is 0 Å². The summed E-state index contributed by atoms with van der Waals surface area (Å²) in [5, 5.41) is 0. The third-order valence-electron chi connectivity index (χ3n) is 2.74. The molecule has 1 fully saturated rings. The number of hydrogen-bond donors (Lipinski definition) is 1. The monoisotopic (exact) mass is 127 g/mol. The summed E-state index contributed by atoms with van der Waals surface area (Å²) in [4.78, 5) is 0. The van der Waals surface area contributed by atoms with Crippen molar-refractivity contribution in [3.8, 4) is 0 Å². The van der Waals surface area contributed by atoms with E-state index in [2.05, 4.69) is 20.8 Å². The summed E-state index contributed by atoms with van der Waals surface area (Å²) in [5.41, 5.74) is 6.31. The van der Waals surface area contributed by atoms with Gasteiger partial charge in [0.15, 0.2) is 0 Å². The number of nitrogens with two attached hydrogens (primary N) is 1. The Kier molecular flexibility index (Phi) is 1.55. The first-order chi connectivity index (χ1) is 4.04. The van der Waals surface area contributed by atoms with Gasteiger partial charge >= 0.3 is 0 Å². The van der Waals surface area contributed by atoms with Crippen molar-refractivity contribution in [1.82, 2.24) is 0 Å². The fraction of sp³-hybridized carbons (Fsp3) is 1.00. The molecule has 0 aromatic heterocycles. The van der Waals surface area contributed by atoms with Crippen molar-refractivity contribution < 1.29 is 0 Å². The Morgan fingerprint density at radius 2 is 2.11 bits per heavy atom. The van der Waals surface area contributed by atoms with Crippen molar-refractivity contribution >= 4 is 0 Å². The van der Waals surface area contributed by atoms with Crippen LogP contribution in [0.15, 0.2) is 0 Å². The maximum absolute atomic E-state index is 5.77. The fourth-order valence-electron chi connectivity index (χ4n) is 1.86. The molecule has 2 unspecified atom stereocenters. The van der Waals surface area contributed by atoms with Crippen LogP contribution < -0.4 is 5.73 Å². The summed E-state index contributed by atoms with van der Waals surface area (Å²) >= 11 is 0. The van der Waals surface area contributed by atoms with E-state index in [-0.39, 0.29) is 0 Å². The van der Waals surface area contributed by atoms with Gasteiger partial charge in [-0.3, -0.25) is 0 Å². The second kappa shape index (κ2) is 1.98. The normalized spacial score (nSPS) is 35.3. The maximum atomic E-state index is 5.77. The molecule has 0 amide bonds. The Bertz CT molecular complexity index is 105. The smallest absolute Gasteiger partial charge is 0.00438 e. The highest BCUT2D eigenvalue weighted by atomic mass is 14.7. The van der Waals surface area contributed by atoms with E-state index in [9.17, 15) is 0 Å². The molecule has 0 aromatic rings. The predicted octanol–water partition coefficient (Wildman–Crippen LogP) is 1.77. The Morgan fingerprint density at radius 3 is 2.11 bits per heavy atom. The average molecular weight is 127 g/mol. The molecule has 0 saturated heterocycles. The molecule has 0 heterocycles. The van der Waals surface area contributed by atoms with Crippen LogP contribution in [0, 0.1) is 11.3 Å². The Hall–Kier alpha value is -0.0400.